The zero-order valence-electron chi connectivity index (χ0n) is 22.9. The summed E-state index contributed by atoms with van der Waals surface area (Å²) in [5.41, 5.74) is 0.0158. The summed E-state index contributed by atoms with van der Waals surface area (Å²) in [6.07, 6.45) is -1.02. The van der Waals surface area contributed by atoms with Gasteiger partial charge in [-0.15, -0.1) is 0 Å². The van der Waals surface area contributed by atoms with Gasteiger partial charge >= 0.3 is 12.1 Å². The van der Waals surface area contributed by atoms with Crippen LogP contribution < -0.4 is 13.8 Å². The fourth-order valence-electron chi connectivity index (χ4n) is 4.40. The second-order valence-electron chi connectivity index (χ2n) is 9.40. The molecule has 0 bridgehead atoms. The summed E-state index contributed by atoms with van der Waals surface area (Å²) in [4.78, 5) is 15.8. The first-order chi connectivity index (χ1) is 19.8. The molecule has 42 heavy (non-hydrogen) atoms. The number of ether oxygens (including phenoxy) is 3. The Bertz CT molecular complexity index is 1610. The Labute approximate surface area is 246 Å². The van der Waals surface area contributed by atoms with Gasteiger partial charge in [0.1, 0.15) is 16.7 Å². The molecular weight excluding hydrogens is 597 g/mol. The first-order valence-electron chi connectivity index (χ1n) is 12.9. The van der Waals surface area contributed by atoms with Crippen LogP contribution in [0.15, 0.2) is 53.6 Å². The number of sulfonamides is 1. The zero-order chi connectivity index (χ0) is 30.7. The molecule has 0 N–H and O–H groups in total. The van der Waals surface area contributed by atoms with E-state index < -0.39 is 33.8 Å². The highest BCUT2D eigenvalue weighted by atomic mass is 35.5. The van der Waals surface area contributed by atoms with E-state index in [1.807, 2.05) is 0 Å². The van der Waals surface area contributed by atoms with Gasteiger partial charge in [-0.2, -0.15) is 13.2 Å². The van der Waals surface area contributed by atoms with Crippen LogP contribution in [0.3, 0.4) is 0 Å². The quantitative estimate of drug-likeness (QED) is 0.197. The van der Waals surface area contributed by atoms with Gasteiger partial charge in [0.15, 0.2) is 0 Å². The number of nitrogens with zero attached hydrogens (tertiary/aromatic N) is 2. The number of pyridine rings is 1. The predicted molar refractivity (Wildman–Crippen MR) is 152 cm³/mol. The molecule has 0 spiro atoms. The maximum absolute atomic E-state index is 14.1. The number of carbonyl (C=O) groups excluding carboxylic acids is 1. The Kier molecular flexibility index (Phi) is 9.37. The number of halogens is 4. The van der Waals surface area contributed by atoms with Crippen LogP contribution in [0.25, 0.3) is 12.2 Å². The van der Waals surface area contributed by atoms with Crippen molar-refractivity contribution in [3.8, 4) is 11.6 Å². The molecule has 224 valence electrons. The average molecular weight is 625 g/mol. The summed E-state index contributed by atoms with van der Waals surface area (Å²) in [5.74, 6) is -0.334. The van der Waals surface area contributed by atoms with Gasteiger partial charge in [0.05, 0.1) is 31.5 Å². The van der Waals surface area contributed by atoms with Gasteiger partial charge in [0, 0.05) is 23.2 Å². The number of rotatable bonds is 9. The monoisotopic (exact) mass is 624 g/mol. The highest BCUT2D eigenvalue weighted by Crippen LogP contribution is 2.41. The SMILES string of the molecule is CCOc1ncc(C)cc1S(=O)(=O)N1C[C@H](CCC(=O)OC)Oc2ccc(/C=C/c3c(Cl)cccc3C(F)(F)F)cc21. The molecule has 1 aromatic heterocycles. The molecular formula is C29H28ClF3N2O6S. The van der Waals surface area contributed by atoms with E-state index in [4.69, 9.17) is 25.8 Å². The van der Waals surface area contributed by atoms with Crippen molar-refractivity contribution in [3.05, 3.63) is 75.9 Å². The van der Waals surface area contributed by atoms with Gasteiger partial charge in [-0.05, 0) is 61.7 Å². The lowest BCUT2D eigenvalue weighted by atomic mass is 10.0. The third kappa shape index (κ3) is 6.81. The lowest BCUT2D eigenvalue weighted by Crippen LogP contribution is -2.44. The van der Waals surface area contributed by atoms with Crippen molar-refractivity contribution < 1.29 is 40.6 Å². The topological polar surface area (TPSA) is 95.0 Å². The zero-order valence-corrected chi connectivity index (χ0v) is 24.5. The first-order valence-corrected chi connectivity index (χ1v) is 14.7. The molecule has 0 unspecified atom stereocenters. The van der Waals surface area contributed by atoms with Crippen LogP contribution in [0.4, 0.5) is 18.9 Å². The maximum atomic E-state index is 14.1. The van der Waals surface area contributed by atoms with Crippen LogP contribution in [0, 0.1) is 6.92 Å². The predicted octanol–water partition coefficient (Wildman–Crippen LogP) is 6.54. The normalized spacial score (nSPS) is 15.3. The Morgan fingerprint density at radius 1 is 1.21 bits per heavy atom. The van der Waals surface area contributed by atoms with Crippen LogP contribution in [0.5, 0.6) is 11.6 Å². The summed E-state index contributed by atoms with van der Waals surface area (Å²) < 4.78 is 86.4. The summed E-state index contributed by atoms with van der Waals surface area (Å²) in [7, 11) is -3.03. The van der Waals surface area contributed by atoms with E-state index in [0.29, 0.717) is 11.1 Å². The van der Waals surface area contributed by atoms with Crippen molar-refractivity contribution in [3.63, 3.8) is 0 Å². The summed E-state index contributed by atoms with van der Waals surface area (Å²) >= 11 is 6.09. The standard InChI is InChI=1S/C29H28ClF3N2O6S/c1-4-40-28-26(14-18(2)16-34-28)42(37,38)35-17-20(10-13-27(36)39-3)41-25-12-9-19(15-24(25)35)8-11-21-22(29(31,32)33)6-5-7-23(21)30/h5-9,11-12,14-16,20H,4,10,13,17H2,1-3H3/b11-8+/t20-/m0/s1. The van der Waals surface area contributed by atoms with Crippen LogP contribution in [0.2, 0.25) is 5.02 Å². The summed E-state index contributed by atoms with van der Waals surface area (Å²) in [6.45, 7) is 3.42. The molecule has 8 nitrogen and oxygen atoms in total. The number of methoxy groups -OCH3 is 1. The summed E-state index contributed by atoms with van der Waals surface area (Å²) in [5, 5.41) is -0.0876. The number of benzene rings is 2. The number of anilines is 1. The molecule has 4 rings (SSSR count). The number of carbonyl (C=O) groups is 1. The second kappa shape index (κ2) is 12.6. The van der Waals surface area contributed by atoms with E-state index in [9.17, 15) is 26.4 Å². The average Bonchev–Trinajstić information content (AvgIpc) is 2.95. The molecule has 0 saturated heterocycles. The molecule has 3 aromatic rings. The van der Waals surface area contributed by atoms with Crippen LogP contribution in [0.1, 0.15) is 42.0 Å². The molecule has 2 heterocycles. The van der Waals surface area contributed by atoms with Crippen molar-refractivity contribution in [1.29, 1.82) is 0 Å². The molecule has 0 saturated carbocycles. The van der Waals surface area contributed by atoms with E-state index in [0.717, 1.165) is 10.4 Å². The van der Waals surface area contributed by atoms with Crippen LogP contribution in [-0.4, -0.2) is 45.7 Å². The minimum atomic E-state index is -4.63. The number of aryl methyl sites for hydroxylation is 1. The molecule has 2 aromatic carbocycles. The third-order valence-electron chi connectivity index (χ3n) is 6.42. The van der Waals surface area contributed by atoms with Gasteiger partial charge in [-0.25, -0.2) is 13.4 Å². The molecule has 1 aliphatic heterocycles. The minimum absolute atomic E-state index is 0.000773. The molecule has 0 radical (unpaired) electrons. The number of fused-ring (bicyclic) bond motifs is 1. The molecule has 0 aliphatic carbocycles. The number of hydrogen-bond donors (Lipinski definition) is 0. The van der Waals surface area contributed by atoms with Crippen molar-refractivity contribution in [1.82, 2.24) is 4.98 Å². The smallest absolute Gasteiger partial charge is 0.417 e. The van der Waals surface area contributed by atoms with E-state index in [2.05, 4.69) is 4.98 Å². The van der Waals surface area contributed by atoms with E-state index >= 15 is 0 Å². The highest BCUT2D eigenvalue weighted by molar-refractivity contribution is 7.93. The highest BCUT2D eigenvalue weighted by Gasteiger charge is 2.37. The Morgan fingerprint density at radius 2 is 1.98 bits per heavy atom. The number of esters is 1. The maximum Gasteiger partial charge on any atom is 0.417 e. The second-order valence-corrected chi connectivity index (χ2v) is 11.6. The molecule has 1 atom stereocenters. The third-order valence-corrected chi connectivity index (χ3v) is 8.52. The van der Waals surface area contributed by atoms with Crippen molar-refractivity contribution in [2.45, 2.75) is 43.9 Å². The van der Waals surface area contributed by atoms with Crippen LogP contribution >= 0.6 is 11.6 Å². The Morgan fingerprint density at radius 3 is 2.67 bits per heavy atom. The summed E-state index contributed by atoms with van der Waals surface area (Å²) in [6, 6.07) is 9.55. The molecule has 0 fully saturated rings. The Hall–Kier alpha value is -3.77. The van der Waals surface area contributed by atoms with Gasteiger partial charge in [0.25, 0.3) is 10.0 Å². The molecule has 13 heteroatoms. The van der Waals surface area contributed by atoms with E-state index in [1.165, 1.54) is 55.8 Å². The van der Waals surface area contributed by atoms with Gasteiger partial charge in [0.2, 0.25) is 5.88 Å². The van der Waals surface area contributed by atoms with Gasteiger partial charge < -0.3 is 14.2 Å². The van der Waals surface area contributed by atoms with E-state index in [1.54, 1.807) is 19.9 Å². The lowest BCUT2D eigenvalue weighted by Gasteiger charge is -2.35. The fourth-order valence-corrected chi connectivity index (χ4v) is 6.31. The number of aromatic nitrogens is 1. The largest absolute Gasteiger partial charge is 0.486 e. The molecule has 0 amide bonds. The number of alkyl halides is 3. The van der Waals surface area contributed by atoms with Crippen molar-refractivity contribution in [2.75, 3.05) is 24.6 Å². The van der Waals surface area contributed by atoms with Gasteiger partial charge in [-0.3, -0.25) is 9.10 Å². The number of hydrogen-bond acceptors (Lipinski definition) is 7. The fraction of sp³-hybridized carbons (Fsp3) is 0.310. The van der Waals surface area contributed by atoms with E-state index in [-0.39, 0.29) is 58.8 Å². The minimum Gasteiger partial charge on any atom is -0.486 e. The lowest BCUT2D eigenvalue weighted by molar-refractivity contribution is -0.141. The van der Waals surface area contributed by atoms with Crippen LogP contribution in [-0.2, 0) is 25.7 Å². The first kappa shape index (κ1) is 31.2. The Balaban J connectivity index is 1.79. The molecule has 1 aliphatic rings. The van der Waals surface area contributed by atoms with Gasteiger partial charge in [-0.1, -0.05) is 35.9 Å². The van der Waals surface area contributed by atoms with Crippen molar-refractivity contribution >= 4 is 45.4 Å². The van der Waals surface area contributed by atoms with Crippen molar-refractivity contribution in [2.24, 2.45) is 0 Å².